The third-order valence-corrected chi connectivity index (χ3v) is 16.5. The molecule has 304 valence electrons. The number of allylic oxidation sites excluding steroid dienone is 1. The van der Waals surface area contributed by atoms with Gasteiger partial charge in [-0.05, 0) is 78.1 Å². The van der Waals surface area contributed by atoms with Crippen molar-refractivity contribution in [1.29, 1.82) is 0 Å². The molecule has 1 aliphatic heterocycles. The van der Waals surface area contributed by atoms with Crippen molar-refractivity contribution in [3.8, 4) is 0 Å². The Labute approximate surface area is 327 Å². The molecule has 5 fully saturated rings. The van der Waals surface area contributed by atoms with E-state index in [-0.39, 0.29) is 64.1 Å². The van der Waals surface area contributed by atoms with Gasteiger partial charge in [-0.3, -0.25) is 33.8 Å². The highest BCUT2D eigenvalue weighted by Crippen LogP contribution is 2.88. The van der Waals surface area contributed by atoms with Crippen LogP contribution in [0.4, 0.5) is 0 Å². The number of Topliss-reactive ketones (excluding diaryl/α,β-unsaturated/α-hetero) is 2. The summed E-state index contributed by atoms with van der Waals surface area (Å²) >= 11 is 0. The van der Waals surface area contributed by atoms with E-state index >= 15 is 4.79 Å². The Bertz CT molecular complexity index is 1890. The lowest BCUT2D eigenvalue weighted by Crippen LogP contribution is -2.52. The number of nitrogens with zero attached hydrogens (tertiary/aromatic N) is 2. The molecule has 3 amide bonds. The number of amides is 3. The van der Waals surface area contributed by atoms with Gasteiger partial charge in [0.15, 0.2) is 11.6 Å². The van der Waals surface area contributed by atoms with E-state index in [4.69, 9.17) is 0 Å². The third-order valence-electron chi connectivity index (χ3n) is 14.7. The van der Waals surface area contributed by atoms with Crippen molar-refractivity contribution < 1.29 is 32.4 Å². The fraction of sp³-hybridized carbons (Fsp3) is 0.762. The number of fused-ring (bicyclic) bond motifs is 1. The van der Waals surface area contributed by atoms with E-state index in [0.29, 0.717) is 32.2 Å². The van der Waals surface area contributed by atoms with Crippen molar-refractivity contribution in [2.45, 2.75) is 150 Å². The van der Waals surface area contributed by atoms with Crippen LogP contribution in [0, 0.1) is 44.3 Å². The number of sulfonamides is 1. The van der Waals surface area contributed by atoms with Crippen LogP contribution in [0.3, 0.4) is 0 Å². The summed E-state index contributed by atoms with van der Waals surface area (Å²) in [7, 11) is -3.83. The van der Waals surface area contributed by atoms with E-state index in [0.717, 1.165) is 25.0 Å². The van der Waals surface area contributed by atoms with Crippen LogP contribution in [-0.4, -0.2) is 76.7 Å². The average molecular weight is 782 g/mol. The van der Waals surface area contributed by atoms with E-state index in [1.165, 1.54) is 0 Å². The molecule has 3 N–H and O–H groups in total. The zero-order chi connectivity index (χ0) is 40.9. The van der Waals surface area contributed by atoms with E-state index < -0.39 is 61.3 Å². The number of aromatic nitrogens is 2. The minimum absolute atomic E-state index is 0.0144. The van der Waals surface area contributed by atoms with Crippen molar-refractivity contribution in [3.05, 3.63) is 30.1 Å². The Hall–Kier alpha value is -3.35. The van der Waals surface area contributed by atoms with Gasteiger partial charge in [-0.15, -0.1) is 6.58 Å². The van der Waals surface area contributed by atoms with E-state index in [2.05, 4.69) is 40.7 Å². The molecule has 4 aliphatic carbocycles. The van der Waals surface area contributed by atoms with Gasteiger partial charge in [0, 0.05) is 36.4 Å². The molecular weight excluding hydrogens is 719 g/mol. The number of nitrogens with one attached hydrogen (secondary N) is 3. The van der Waals surface area contributed by atoms with Gasteiger partial charge in [0.25, 0.3) is 5.91 Å². The van der Waals surface area contributed by atoms with E-state index in [1.54, 1.807) is 17.0 Å². The van der Waals surface area contributed by atoms with Crippen LogP contribution in [0.2, 0.25) is 0 Å². The summed E-state index contributed by atoms with van der Waals surface area (Å²) in [6.45, 7) is 24.1. The first-order valence-corrected chi connectivity index (χ1v) is 21.7. The number of aromatic amines is 1. The highest BCUT2D eigenvalue weighted by molar-refractivity contribution is 7.90. The van der Waals surface area contributed by atoms with Crippen molar-refractivity contribution in [3.63, 3.8) is 0 Å². The first kappa shape index (κ1) is 41.3. The monoisotopic (exact) mass is 781 g/mol. The van der Waals surface area contributed by atoms with Crippen LogP contribution in [0.15, 0.2) is 18.7 Å². The maximum Gasteiger partial charge on any atom is 0.272 e. The molecule has 0 aromatic carbocycles. The largest absolute Gasteiger partial charge is 0.340 e. The summed E-state index contributed by atoms with van der Waals surface area (Å²) in [6.07, 6.45) is 6.19. The summed E-state index contributed by atoms with van der Waals surface area (Å²) in [5, 5.41) is 9.39. The van der Waals surface area contributed by atoms with Crippen LogP contribution >= 0.6 is 0 Å². The molecule has 1 aromatic rings. The van der Waals surface area contributed by atoms with Crippen molar-refractivity contribution >= 4 is 39.3 Å². The molecule has 55 heavy (non-hydrogen) atoms. The van der Waals surface area contributed by atoms with Crippen LogP contribution in [0.5, 0.6) is 0 Å². The van der Waals surface area contributed by atoms with Gasteiger partial charge in [0.2, 0.25) is 21.8 Å². The Kier molecular flexibility index (Phi) is 10.0. The standard InChI is InChI=1S/C42H63N5O7S/c1-12-25-20-40(25,36(52)46-55(53,54)26-14-15-26)22-32(49)30-21-42(39(10,11)41(42)16-13-17-41)23-47(30)35(51)27(37(4,5)6)18-31(48)33(38(7,8)9)43-34(50)29-19-28(24(2)3)44-45-29/h12,19,24-27,30,33H,1,13-18,20-23H2,2-11H3,(H,43,50)(H,44,45)(H,46,52)/t25-,27-,30+,33-,40-,42-/m1/s1. The summed E-state index contributed by atoms with van der Waals surface area (Å²) in [5.74, 6) is -3.02. The number of rotatable bonds is 14. The van der Waals surface area contributed by atoms with Gasteiger partial charge in [-0.25, -0.2) is 8.42 Å². The quantitative estimate of drug-likeness (QED) is 0.197. The Morgan fingerprint density at radius 3 is 2.11 bits per heavy atom. The molecule has 4 saturated carbocycles. The first-order valence-electron chi connectivity index (χ1n) is 20.2. The number of carbonyl (C=O) groups is 5. The van der Waals surface area contributed by atoms with Crippen LogP contribution in [-0.2, 0) is 29.2 Å². The Morgan fingerprint density at radius 2 is 1.65 bits per heavy atom. The zero-order valence-electron chi connectivity index (χ0n) is 34.6. The lowest BCUT2D eigenvalue weighted by molar-refractivity contribution is -0.146. The number of hydrogen-bond acceptors (Lipinski definition) is 8. The van der Waals surface area contributed by atoms with Crippen LogP contribution < -0.4 is 10.0 Å². The van der Waals surface area contributed by atoms with Crippen molar-refractivity contribution in [2.75, 3.05) is 6.54 Å². The maximum absolute atomic E-state index is 15.1. The van der Waals surface area contributed by atoms with Gasteiger partial charge >= 0.3 is 0 Å². The second-order valence-electron chi connectivity index (χ2n) is 20.6. The topological polar surface area (TPSA) is 175 Å². The van der Waals surface area contributed by atoms with Gasteiger partial charge in [-0.2, -0.15) is 5.10 Å². The lowest BCUT2D eigenvalue weighted by Gasteiger charge is -2.37. The van der Waals surface area contributed by atoms with Gasteiger partial charge < -0.3 is 10.2 Å². The molecule has 13 heteroatoms. The predicted molar refractivity (Wildman–Crippen MR) is 209 cm³/mol. The third kappa shape index (κ3) is 6.81. The highest BCUT2D eigenvalue weighted by Gasteiger charge is 2.85. The molecule has 6 rings (SSSR count). The van der Waals surface area contributed by atoms with Gasteiger partial charge in [0.1, 0.15) is 5.69 Å². The van der Waals surface area contributed by atoms with Crippen LogP contribution in [0.25, 0.3) is 0 Å². The molecular formula is C42H63N5O7S. The molecule has 2 spiro atoms. The molecule has 2 heterocycles. The van der Waals surface area contributed by atoms with Crippen LogP contribution in [0.1, 0.15) is 149 Å². The summed E-state index contributed by atoms with van der Waals surface area (Å²) in [5.41, 5.74) is -2.01. The Balaban J connectivity index is 1.28. The smallest absolute Gasteiger partial charge is 0.272 e. The summed E-state index contributed by atoms with van der Waals surface area (Å²) in [6, 6.07) is -0.0647. The van der Waals surface area contributed by atoms with Crippen molar-refractivity contribution in [1.82, 2.24) is 25.1 Å². The highest BCUT2D eigenvalue weighted by atomic mass is 32.2. The van der Waals surface area contributed by atoms with E-state index in [9.17, 15) is 27.6 Å². The number of carbonyl (C=O) groups excluding carboxylic acids is 5. The molecule has 0 radical (unpaired) electrons. The molecule has 12 nitrogen and oxygen atoms in total. The first-order chi connectivity index (χ1) is 25.3. The minimum atomic E-state index is -3.83. The second-order valence-corrected chi connectivity index (χ2v) is 22.5. The molecule has 1 saturated heterocycles. The SMILES string of the molecule is C=C[C@@H]1C[C@]1(CC(=O)[C@@H]1C[C@@]2(CN1C(=O)[C@@H](CC(=O)[C@@H](NC(=O)c1cc(C(C)C)[nH]n1)C(C)(C)C)C(C)(C)C)C(C)(C)C21CCC1)C(=O)NS(=O)(=O)C1CC1. The molecule has 5 aliphatic rings. The number of H-pyrrole nitrogens is 1. The van der Waals surface area contributed by atoms with Gasteiger partial charge in [0.05, 0.1) is 22.7 Å². The fourth-order valence-electron chi connectivity index (χ4n) is 10.4. The normalized spacial score (nSPS) is 29.0. The zero-order valence-corrected chi connectivity index (χ0v) is 35.4. The predicted octanol–water partition coefficient (Wildman–Crippen LogP) is 5.86. The Morgan fingerprint density at radius 1 is 1.02 bits per heavy atom. The molecule has 6 atom stereocenters. The lowest BCUT2D eigenvalue weighted by atomic mass is 9.73. The fourth-order valence-corrected chi connectivity index (χ4v) is 11.8. The van der Waals surface area contributed by atoms with Gasteiger partial charge in [-0.1, -0.05) is 81.7 Å². The molecule has 1 aromatic heterocycles. The number of hydrogen-bond donors (Lipinski definition) is 3. The van der Waals surface area contributed by atoms with Crippen molar-refractivity contribution in [2.24, 2.45) is 44.3 Å². The number of likely N-dealkylation sites (tertiary alicyclic amines) is 1. The maximum atomic E-state index is 15.1. The molecule has 0 unspecified atom stereocenters. The summed E-state index contributed by atoms with van der Waals surface area (Å²) < 4.78 is 27.9. The molecule has 0 bridgehead atoms. The summed E-state index contributed by atoms with van der Waals surface area (Å²) in [4.78, 5) is 73.0. The van der Waals surface area contributed by atoms with E-state index in [1.807, 2.05) is 55.4 Å². The average Bonchev–Trinajstić information content (AvgIpc) is 3.98. The second kappa shape index (κ2) is 13.4. The minimum Gasteiger partial charge on any atom is -0.340 e. The number of ketones is 2.